The number of fused-ring (bicyclic) bond motifs is 1. The molecular formula is C5H6N4S2. The molecule has 0 fully saturated rings. The Bertz CT molecular complexity index is 377. The smallest absolute Gasteiger partial charge is 0.177 e. The van der Waals surface area contributed by atoms with E-state index in [-0.39, 0.29) is 0 Å². The number of hydrogen-bond acceptors (Lipinski definition) is 5. The fraction of sp³-hybridized carbons (Fsp3) is 0.400. The molecule has 2 heterocycles. The zero-order chi connectivity index (χ0) is 7.84. The molecule has 0 spiro atoms. The fourth-order valence-electron chi connectivity index (χ4n) is 0.789. The first kappa shape index (κ1) is 7.05. The number of nitrogens with zero attached hydrogens (tertiary/aromatic N) is 4. The van der Waals surface area contributed by atoms with E-state index in [1.54, 1.807) is 15.9 Å². The quantitative estimate of drug-likeness (QED) is 0.677. The molecule has 2 rings (SSSR count). The van der Waals surface area contributed by atoms with Gasteiger partial charge in [0.25, 0.3) is 0 Å². The molecule has 0 unspecified atom stereocenters. The van der Waals surface area contributed by atoms with Crippen LogP contribution in [0.15, 0.2) is 5.16 Å². The van der Waals surface area contributed by atoms with E-state index >= 15 is 0 Å². The van der Waals surface area contributed by atoms with Crippen molar-refractivity contribution in [3.8, 4) is 0 Å². The predicted octanol–water partition coefficient (Wildman–Crippen LogP) is 1.04. The second-order valence-corrected chi connectivity index (χ2v) is 3.48. The molecule has 0 aliphatic heterocycles. The highest BCUT2D eigenvalue weighted by atomic mass is 32.1. The normalized spacial score (nSPS) is 11.1. The van der Waals surface area contributed by atoms with Crippen molar-refractivity contribution in [2.75, 3.05) is 0 Å². The highest BCUT2D eigenvalue weighted by Gasteiger charge is 2.06. The standard InChI is InChI=1S/C5H6N4S2/c1-2-3-8-9-4(10)6-7-5(9)11-3/h2H2,1H3,(H,6,10). The molecule has 58 valence electrons. The Morgan fingerprint density at radius 3 is 3.00 bits per heavy atom. The molecule has 2 aromatic rings. The highest BCUT2D eigenvalue weighted by molar-refractivity contribution is 7.80. The third-order valence-electron chi connectivity index (χ3n) is 1.32. The zero-order valence-electron chi connectivity index (χ0n) is 5.85. The lowest BCUT2D eigenvalue weighted by Crippen LogP contribution is -1.86. The molecular weight excluding hydrogens is 180 g/mol. The van der Waals surface area contributed by atoms with Gasteiger partial charge in [0, 0.05) is 0 Å². The van der Waals surface area contributed by atoms with Gasteiger partial charge in [-0.25, -0.2) is 0 Å². The Kier molecular flexibility index (Phi) is 1.57. The van der Waals surface area contributed by atoms with E-state index < -0.39 is 0 Å². The first-order chi connectivity index (χ1) is 5.31. The molecule has 0 aliphatic carbocycles. The number of rotatable bonds is 1. The van der Waals surface area contributed by atoms with Gasteiger partial charge in [0.2, 0.25) is 10.1 Å². The Labute approximate surface area is 72.7 Å². The largest absolute Gasteiger partial charge is 0.235 e. The molecule has 6 heteroatoms. The van der Waals surface area contributed by atoms with E-state index in [2.05, 4.69) is 34.8 Å². The molecule has 11 heavy (non-hydrogen) atoms. The number of aromatic nitrogens is 4. The van der Waals surface area contributed by atoms with Crippen LogP contribution in [0.1, 0.15) is 11.9 Å². The lowest BCUT2D eigenvalue weighted by Gasteiger charge is -1.81. The van der Waals surface area contributed by atoms with E-state index in [9.17, 15) is 0 Å². The van der Waals surface area contributed by atoms with Gasteiger partial charge in [-0.3, -0.25) is 0 Å². The SMILES string of the molecule is CCc1nn2c(S)nnc2s1. The van der Waals surface area contributed by atoms with E-state index in [0.29, 0.717) is 5.16 Å². The third kappa shape index (κ3) is 1.02. The summed E-state index contributed by atoms with van der Waals surface area (Å²) in [6.45, 7) is 2.06. The van der Waals surface area contributed by atoms with Gasteiger partial charge in [0.1, 0.15) is 5.01 Å². The van der Waals surface area contributed by atoms with Crippen LogP contribution in [0.4, 0.5) is 0 Å². The number of thiol groups is 1. The predicted molar refractivity (Wildman–Crippen MR) is 45.3 cm³/mol. The van der Waals surface area contributed by atoms with Crippen molar-refractivity contribution in [3.63, 3.8) is 0 Å². The van der Waals surface area contributed by atoms with Gasteiger partial charge >= 0.3 is 0 Å². The van der Waals surface area contributed by atoms with Crippen molar-refractivity contribution in [2.45, 2.75) is 18.5 Å². The maximum Gasteiger partial charge on any atom is 0.235 e. The summed E-state index contributed by atoms with van der Waals surface area (Å²) < 4.78 is 1.65. The van der Waals surface area contributed by atoms with Crippen LogP contribution in [-0.2, 0) is 6.42 Å². The molecule has 0 aliphatic rings. The van der Waals surface area contributed by atoms with Crippen LogP contribution in [0.2, 0.25) is 0 Å². The molecule has 0 atom stereocenters. The maximum absolute atomic E-state index is 4.22. The van der Waals surface area contributed by atoms with Crippen molar-refractivity contribution in [1.82, 2.24) is 19.8 Å². The van der Waals surface area contributed by atoms with Crippen LogP contribution in [0.3, 0.4) is 0 Å². The first-order valence-corrected chi connectivity index (χ1v) is 4.47. The van der Waals surface area contributed by atoms with Gasteiger partial charge in [-0.05, 0) is 6.42 Å². The monoisotopic (exact) mass is 186 g/mol. The van der Waals surface area contributed by atoms with Crippen LogP contribution in [0.25, 0.3) is 4.96 Å². The lowest BCUT2D eigenvalue weighted by atomic mass is 10.5. The van der Waals surface area contributed by atoms with Crippen LogP contribution in [0, 0.1) is 0 Å². The molecule has 2 aromatic heterocycles. The van der Waals surface area contributed by atoms with Gasteiger partial charge in [-0.15, -0.1) is 22.8 Å². The molecule has 0 amide bonds. The van der Waals surface area contributed by atoms with Gasteiger partial charge in [-0.1, -0.05) is 18.3 Å². The summed E-state index contributed by atoms with van der Waals surface area (Å²) in [4.78, 5) is 0.812. The maximum atomic E-state index is 4.22. The second kappa shape index (κ2) is 2.46. The van der Waals surface area contributed by atoms with Crippen molar-refractivity contribution in [1.29, 1.82) is 0 Å². The van der Waals surface area contributed by atoms with Crippen LogP contribution < -0.4 is 0 Å². The lowest BCUT2D eigenvalue weighted by molar-refractivity contribution is 0.802. The Balaban J connectivity index is 2.70. The minimum atomic E-state index is 0.552. The topological polar surface area (TPSA) is 43.1 Å². The molecule has 0 saturated heterocycles. The van der Waals surface area contributed by atoms with Crippen molar-refractivity contribution in [3.05, 3.63) is 5.01 Å². The summed E-state index contributed by atoms with van der Waals surface area (Å²) in [5, 5.41) is 13.5. The summed E-state index contributed by atoms with van der Waals surface area (Å²) in [7, 11) is 0. The van der Waals surface area contributed by atoms with Crippen molar-refractivity contribution < 1.29 is 0 Å². The highest BCUT2D eigenvalue weighted by Crippen LogP contribution is 2.15. The van der Waals surface area contributed by atoms with Crippen molar-refractivity contribution >= 4 is 28.9 Å². The minimum absolute atomic E-state index is 0.552. The third-order valence-corrected chi connectivity index (χ3v) is 2.64. The summed E-state index contributed by atoms with van der Waals surface area (Å²) in [5.74, 6) is 0. The molecule has 0 N–H and O–H groups in total. The second-order valence-electron chi connectivity index (χ2n) is 2.04. The number of hydrogen-bond donors (Lipinski definition) is 1. The van der Waals surface area contributed by atoms with Gasteiger partial charge in [0.15, 0.2) is 0 Å². The summed E-state index contributed by atoms with van der Waals surface area (Å²) >= 11 is 5.63. The molecule has 4 nitrogen and oxygen atoms in total. The molecule has 0 aromatic carbocycles. The van der Waals surface area contributed by atoms with Gasteiger partial charge in [-0.2, -0.15) is 9.61 Å². The van der Waals surface area contributed by atoms with Crippen LogP contribution >= 0.6 is 24.0 Å². The molecule has 0 bridgehead atoms. The average Bonchev–Trinajstić information content (AvgIpc) is 2.53. The van der Waals surface area contributed by atoms with E-state index in [1.165, 1.54) is 0 Å². The van der Waals surface area contributed by atoms with E-state index in [0.717, 1.165) is 16.4 Å². The average molecular weight is 186 g/mol. The summed E-state index contributed by atoms with van der Waals surface area (Å²) in [5.41, 5.74) is 0. The first-order valence-electron chi connectivity index (χ1n) is 3.21. The zero-order valence-corrected chi connectivity index (χ0v) is 7.56. The van der Waals surface area contributed by atoms with E-state index in [1.807, 2.05) is 0 Å². The number of aryl methyl sites for hydroxylation is 1. The van der Waals surface area contributed by atoms with E-state index in [4.69, 9.17) is 0 Å². The van der Waals surface area contributed by atoms with Crippen LogP contribution in [-0.4, -0.2) is 19.8 Å². The van der Waals surface area contributed by atoms with Gasteiger partial charge in [0.05, 0.1) is 0 Å². The summed E-state index contributed by atoms with van der Waals surface area (Å²) in [6.07, 6.45) is 0.932. The molecule has 0 saturated carbocycles. The Morgan fingerprint density at radius 1 is 1.55 bits per heavy atom. The Hall–Kier alpha value is -0.620. The summed E-state index contributed by atoms with van der Waals surface area (Å²) in [6, 6.07) is 0. The minimum Gasteiger partial charge on any atom is -0.177 e. The molecule has 0 radical (unpaired) electrons. The van der Waals surface area contributed by atoms with Gasteiger partial charge < -0.3 is 0 Å². The van der Waals surface area contributed by atoms with Crippen LogP contribution in [0.5, 0.6) is 0 Å². The fourth-order valence-corrected chi connectivity index (χ4v) is 1.81. The Morgan fingerprint density at radius 2 is 2.36 bits per heavy atom. The van der Waals surface area contributed by atoms with Crippen molar-refractivity contribution in [2.24, 2.45) is 0 Å².